The molecule has 0 bridgehead atoms. The summed E-state index contributed by atoms with van der Waals surface area (Å²) in [4.78, 5) is 2.55. The molecule has 114 valence electrons. The minimum atomic E-state index is 0.565. The van der Waals surface area contributed by atoms with E-state index in [4.69, 9.17) is 0 Å². The van der Waals surface area contributed by atoms with E-state index in [0.29, 0.717) is 6.04 Å². The van der Waals surface area contributed by atoms with E-state index in [1.165, 1.54) is 23.2 Å². The first-order chi connectivity index (χ1) is 10.9. The third-order valence-electron chi connectivity index (χ3n) is 4.42. The molecule has 1 atom stereocenters. The van der Waals surface area contributed by atoms with Crippen LogP contribution in [0.3, 0.4) is 0 Å². The van der Waals surface area contributed by atoms with Gasteiger partial charge in [0.05, 0.1) is 0 Å². The second-order valence-electron chi connectivity index (χ2n) is 5.87. The molecule has 1 heterocycles. The lowest BCUT2D eigenvalue weighted by Crippen LogP contribution is -2.51. The van der Waals surface area contributed by atoms with Gasteiger partial charge in [-0.15, -0.1) is 0 Å². The van der Waals surface area contributed by atoms with Crippen molar-refractivity contribution in [3.63, 3.8) is 0 Å². The van der Waals surface area contributed by atoms with Gasteiger partial charge in [0.1, 0.15) is 0 Å². The lowest BCUT2D eigenvalue weighted by molar-refractivity contribution is 0.454. The molecule has 0 aliphatic carbocycles. The van der Waals surface area contributed by atoms with Crippen molar-refractivity contribution in [2.75, 3.05) is 24.5 Å². The fourth-order valence-corrected chi connectivity index (χ4v) is 3.13. The summed E-state index contributed by atoms with van der Waals surface area (Å²) in [5.74, 6) is 0. The van der Waals surface area contributed by atoms with Gasteiger partial charge in [-0.05, 0) is 36.1 Å². The summed E-state index contributed by atoms with van der Waals surface area (Å²) in [7, 11) is 0. The molecule has 2 heteroatoms. The summed E-state index contributed by atoms with van der Waals surface area (Å²) in [6.07, 6.45) is 4.19. The number of nitrogens with one attached hydrogen (secondary N) is 1. The molecule has 1 saturated heterocycles. The number of anilines is 1. The summed E-state index contributed by atoms with van der Waals surface area (Å²) >= 11 is 0. The highest BCUT2D eigenvalue weighted by atomic mass is 15.2. The maximum Gasteiger partial charge on any atom is 0.0418 e. The zero-order chi connectivity index (χ0) is 15.2. The Balaban J connectivity index is 1.65. The van der Waals surface area contributed by atoms with Crippen molar-refractivity contribution in [3.05, 3.63) is 72.3 Å². The lowest BCUT2D eigenvalue weighted by Gasteiger charge is -2.38. The van der Waals surface area contributed by atoms with Crippen LogP contribution in [0.5, 0.6) is 0 Å². The highest BCUT2D eigenvalue weighted by Gasteiger charge is 2.21. The largest absolute Gasteiger partial charge is 0.366 e. The van der Waals surface area contributed by atoms with Gasteiger partial charge in [0.25, 0.3) is 0 Å². The second-order valence-corrected chi connectivity index (χ2v) is 5.87. The molecule has 2 aromatic carbocycles. The predicted molar refractivity (Wildman–Crippen MR) is 95.3 cm³/mol. The van der Waals surface area contributed by atoms with Crippen LogP contribution in [-0.2, 0) is 6.42 Å². The van der Waals surface area contributed by atoms with E-state index >= 15 is 0 Å². The topological polar surface area (TPSA) is 15.3 Å². The Bertz CT molecular complexity index is 589. The van der Waals surface area contributed by atoms with Crippen molar-refractivity contribution in [3.8, 4) is 0 Å². The fraction of sp³-hybridized carbons (Fsp3) is 0.300. The number of para-hydroxylation sites is 1. The highest BCUT2D eigenvalue weighted by Crippen LogP contribution is 2.21. The molecule has 1 fully saturated rings. The van der Waals surface area contributed by atoms with Gasteiger partial charge >= 0.3 is 0 Å². The van der Waals surface area contributed by atoms with Crippen LogP contribution in [0, 0.1) is 0 Å². The normalized spacial score (nSPS) is 18.2. The first-order valence-electron chi connectivity index (χ1n) is 8.10. The fourth-order valence-electron chi connectivity index (χ4n) is 3.13. The molecule has 3 rings (SSSR count). The van der Waals surface area contributed by atoms with Gasteiger partial charge < -0.3 is 10.2 Å². The number of aryl methyl sites for hydroxylation is 1. The highest BCUT2D eigenvalue weighted by molar-refractivity contribution is 5.48. The smallest absolute Gasteiger partial charge is 0.0418 e. The molecule has 1 aliphatic rings. The molecule has 22 heavy (non-hydrogen) atoms. The van der Waals surface area contributed by atoms with Crippen LogP contribution in [0.4, 0.5) is 5.69 Å². The number of benzene rings is 2. The monoisotopic (exact) mass is 292 g/mol. The Hall–Kier alpha value is -2.06. The molecular weight excluding hydrogens is 268 g/mol. The van der Waals surface area contributed by atoms with E-state index in [2.05, 4.69) is 71.4 Å². The van der Waals surface area contributed by atoms with Crippen LogP contribution in [0.15, 0.2) is 61.2 Å². The summed E-state index contributed by atoms with van der Waals surface area (Å²) in [6, 6.07) is 20.1. The average molecular weight is 292 g/mol. The SMILES string of the molecule is C=Cc1ccc(CCC2CNCCN2c2ccccc2)cc1. The third kappa shape index (κ3) is 3.58. The Morgan fingerprint density at radius 3 is 2.59 bits per heavy atom. The average Bonchev–Trinajstić information content (AvgIpc) is 2.61. The van der Waals surface area contributed by atoms with Gasteiger partial charge in [-0.25, -0.2) is 0 Å². The Morgan fingerprint density at radius 2 is 1.86 bits per heavy atom. The van der Waals surface area contributed by atoms with Crippen LogP contribution in [0.1, 0.15) is 17.5 Å². The van der Waals surface area contributed by atoms with E-state index in [1.807, 2.05) is 6.08 Å². The van der Waals surface area contributed by atoms with Crippen LogP contribution in [0.25, 0.3) is 6.08 Å². The Kier molecular flexibility index (Phi) is 4.92. The minimum Gasteiger partial charge on any atom is -0.366 e. The van der Waals surface area contributed by atoms with Gasteiger partial charge in [-0.3, -0.25) is 0 Å². The number of rotatable bonds is 5. The lowest BCUT2D eigenvalue weighted by atomic mass is 10.0. The number of piperazine rings is 1. The molecule has 2 aromatic rings. The standard InChI is InChI=1S/C20H24N2/c1-2-17-8-10-18(11-9-17)12-13-20-16-21-14-15-22(20)19-6-4-3-5-7-19/h2-11,20-21H,1,12-16H2. The molecule has 0 radical (unpaired) electrons. The molecule has 1 unspecified atom stereocenters. The quantitative estimate of drug-likeness (QED) is 0.903. The molecule has 0 spiro atoms. The van der Waals surface area contributed by atoms with Gasteiger partial charge in [0, 0.05) is 31.4 Å². The second kappa shape index (κ2) is 7.28. The van der Waals surface area contributed by atoms with Gasteiger partial charge in [0.15, 0.2) is 0 Å². The van der Waals surface area contributed by atoms with E-state index in [9.17, 15) is 0 Å². The third-order valence-corrected chi connectivity index (χ3v) is 4.42. The van der Waals surface area contributed by atoms with Crippen molar-refractivity contribution >= 4 is 11.8 Å². The Labute approximate surface area is 133 Å². The van der Waals surface area contributed by atoms with E-state index < -0.39 is 0 Å². The summed E-state index contributed by atoms with van der Waals surface area (Å²) in [5.41, 5.74) is 3.94. The first kappa shape index (κ1) is 14.9. The van der Waals surface area contributed by atoms with Crippen molar-refractivity contribution in [2.45, 2.75) is 18.9 Å². The summed E-state index contributed by atoms with van der Waals surface area (Å²) < 4.78 is 0. The van der Waals surface area contributed by atoms with E-state index in [1.54, 1.807) is 0 Å². The maximum absolute atomic E-state index is 3.81. The maximum atomic E-state index is 3.81. The number of hydrogen-bond acceptors (Lipinski definition) is 2. The molecule has 0 amide bonds. The number of nitrogens with zero attached hydrogens (tertiary/aromatic N) is 1. The number of hydrogen-bond donors (Lipinski definition) is 1. The summed E-state index contributed by atoms with van der Waals surface area (Å²) in [5, 5.41) is 3.53. The van der Waals surface area contributed by atoms with Crippen molar-refractivity contribution in [1.82, 2.24) is 5.32 Å². The van der Waals surface area contributed by atoms with Crippen molar-refractivity contribution in [2.24, 2.45) is 0 Å². The Morgan fingerprint density at radius 1 is 1.09 bits per heavy atom. The molecule has 2 nitrogen and oxygen atoms in total. The van der Waals surface area contributed by atoms with E-state index in [-0.39, 0.29) is 0 Å². The predicted octanol–water partition coefficient (Wildman–Crippen LogP) is 3.74. The molecule has 0 saturated carbocycles. The zero-order valence-electron chi connectivity index (χ0n) is 13.0. The van der Waals surface area contributed by atoms with Crippen LogP contribution < -0.4 is 10.2 Å². The van der Waals surface area contributed by atoms with Crippen LogP contribution in [0.2, 0.25) is 0 Å². The minimum absolute atomic E-state index is 0.565. The van der Waals surface area contributed by atoms with Crippen molar-refractivity contribution in [1.29, 1.82) is 0 Å². The summed E-state index contributed by atoms with van der Waals surface area (Å²) in [6.45, 7) is 7.03. The molecule has 0 aromatic heterocycles. The first-order valence-corrected chi connectivity index (χ1v) is 8.10. The van der Waals surface area contributed by atoms with Crippen molar-refractivity contribution < 1.29 is 0 Å². The van der Waals surface area contributed by atoms with Gasteiger partial charge in [0.2, 0.25) is 0 Å². The zero-order valence-corrected chi connectivity index (χ0v) is 13.0. The van der Waals surface area contributed by atoms with E-state index in [0.717, 1.165) is 26.1 Å². The molecule has 1 aliphatic heterocycles. The van der Waals surface area contributed by atoms with Gasteiger partial charge in [-0.2, -0.15) is 0 Å². The van der Waals surface area contributed by atoms with Gasteiger partial charge in [-0.1, -0.05) is 55.1 Å². The molecule has 1 N–H and O–H groups in total. The molecular formula is C20H24N2. The van der Waals surface area contributed by atoms with Crippen LogP contribution in [-0.4, -0.2) is 25.7 Å². The van der Waals surface area contributed by atoms with Crippen LogP contribution >= 0.6 is 0 Å².